The van der Waals surface area contributed by atoms with Gasteiger partial charge in [0, 0.05) is 0 Å². The van der Waals surface area contributed by atoms with E-state index in [1.165, 1.54) is 6.08 Å². The lowest BCUT2D eigenvalue weighted by molar-refractivity contribution is -0.137. The van der Waals surface area contributed by atoms with Gasteiger partial charge in [-0.2, -0.15) is 5.26 Å². The van der Waals surface area contributed by atoms with Crippen LogP contribution in [0.4, 0.5) is 0 Å². The number of carbonyl (C=O) groups excluding carboxylic acids is 1. The summed E-state index contributed by atoms with van der Waals surface area (Å²) in [5.41, 5.74) is 1.69. The van der Waals surface area contributed by atoms with Crippen molar-refractivity contribution in [3.8, 4) is 11.8 Å². The van der Waals surface area contributed by atoms with Crippen molar-refractivity contribution in [1.29, 1.82) is 5.26 Å². The smallest absolute Gasteiger partial charge is 0.349 e. The number of ether oxygens (including phenoxy) is 2. The molecule has 2 aromatic rings. The van der Waals surface area contributed by atoms with Crippen molar-refractivity contribution >= 4 is 18.1 Å². The quantitative estimate of drug-likeness (QED) is 0.461. The molecule has 2 rings (SSSR count). The van der Waals surface area contributed by atoms with Crippen LogP contribution in [0, 0.1) is 11.3 Å². The number of carbonyl (C=O) groups is 1. The van der Waals surface area contributed by atoms with Gasteiger partial charge in [-0.15, -0.1) is 0 Å². The van der Waals surface area contributed by atoms with Gasteiger partial charge in [-0.3, -0.25) is 0 Å². The first-order chi connectivity index (χ1) is 11.7. The number of hydrogen-bond acceptors (Lipinski definition) is 4. The molecule has 0 N–H and O–H groups in total. The van der Waals surface area contributed by atoms with E-state index in [2.05, 4.69) is 0 Å². The molecule has 4 heteroatoms. The third-order valence-electron chi connectivity index (χ3n) is 3.19. The molecule has 2 aromatic carbocycles. The van der Waals surface area contributed by atoms with E-state index in [0.717, 1.165) is 11.1 Å². The number of esters is 1. The Bertz CT molecular complexity index is 769. The fraction of sp³-hybridized carbons (Fsp3) is 0.100. The first-order valence-corrected chi connectivity index (χ1v) is 7.37. The van der Waals surface area contributed by atoms with Crippen LogP contribution in [-0.4, -0.2) is 19.7 Å². The molecule has 120 valence electrons. The Labute approximate surface area is 141 Å². The summed E-state index contributed by atoms with van der Waals surface area (Å²) >= 11 is 0. The van der Waals surface area contributed by atoms with Crippen molar-refractivity contribution in [3.63, 3.8) is 0 Å². The van der Waals surface area contributed by atoms with E-state index in [1.54, 1.807) is 37.5 Å². The molecule has 0 fully saturated rings. The van der Waals surface area contributed by atoms with E-state index in [0.29, 0.717) is 5.75 Å². The van der Waals surface area contributed by atoms with E-state index >= 15 is 0 Å². The van der Waals surface area contributed by atoms with Gasteiger partial charge in [-0.05, 0) is 35.4 Å². The van der Waals surface area contributed by atoms with Crippen molar-refractivity contribution < 1.29 is 14.3 Å². The minimum atomic E-state index is -0.647. The fourth-order valence-electron chi connectivity index (χ4n) is 1.95. The minimum Gasteiger partial charge on any atom is -0.497 e. The van der Waals surface area contributed by atoms with Crippen LogP contribution >= 0.6 is 0 Å². The molecule has 0 aromatic heterocycles. The molecule has 0 saturated heterocycles. The molecule has 0 unspecified atom stereocenters. The zero-order valence-electron chi connectivity index (χ0n) is 13.3. The standard InChI is InChI=1S/C20H17NO3/c1-23-19-11-9-17(10-12-19)14-18(15-21)20(22)24-13-5-8-16-6-3-2-4-7-16/h2-12,14H,13H2,1H3/b8-5+,18-14+. The van der Waals surface area contributed by atoms with Crippen molar-refractivity contribution in [3.05, 3.63) is 77.4 Å². The summed E-state index contributed by atoms with van der Waals surface area (Å²) in [6.07, 6.45) is 5.07. The van der Waals surface area contributed by atoms with Gasteiger partial charge in [-0.1, -0.05) is 48.5 Å². The summed E-state index contributed by atoms with van der Waals surface area (Å²) in [7, 11) is 1.58. The topological polar surface area (TPSA) is 59.3 Å². The lowest BCUT2D eigenvalue weighted by atomic mass is 10.1. The highest BCUT2D eigenvalue weighted by molar-refractivity contribution is 5.97. The Morgan fingerprint density at radius 2 is 1.79 bits per heavy atom. The van der Waals surface area contributed by atoms with E-state index < -0.39 is 5.97 Å². The molecule has 0 bridgehead atoms. The van der Waals surface area contributed by atoms with Crippen LogP contribution in [0.1, 0.15) is 11.1 Å². The summed E-state index contributed by atoms with van der Waals surface area (Å²) in [6, 6.07) is 18.6. The summed E-state index contributed by atoms with van der Waals surface area (Å²) < 4.78 is 10.2. The summed E-state index contributed by atoms with van der Waals surface area (Å²) in [6.45, 7) is 0.107. The van der Waals surface area contributed by atoms with Crippen LogP contribution < -0.4 is 4.74 Å². The molecule has 0 aliphatic rings. The predicted octanol–water partition coefficient (Wildman–Crippen LogP) is 3.86. The highest BCUT2D eigenvalue weighted by Gasteiger charge is 2.09. The number of hydrogen-bond donors (Lipinski definition) is 0. The number of nitrogens with zero attached hydrogens (tertiary/aromatic N) is 1. The van der Waals surface area contributed by atoms with Crippen LogP contribution in [0.25, 0.3) is 12.2 Å². The molecule has 0 radical (unpaired) electrons. The maximum Gasteiger partial charge on any atom is 0.349 e. The summed E-state index contributed by atoms with van der Waals surface area (Å²) in [5, 5.41) is 9.13. The number of benzene rings is 2. The van der Waals surface area contributed by atoms with Crippen molar-refractivity contribution in [2.75, 3.05) is 13.7 Å². The number of nitriles is 1. The first kappa shape index (κ1) is 17.0. The third kappa shape index (κ3) is 5.15. The normalized spacial score (nSPS) is 11.1. The fourth-order valence-corrected chi connectivity index (χ4v) is 1.95. The van der Waals surface area contributed by atoms with Gasteiger partial charge in [0.25, 0.3) is 0 Å². The Morgan fingerprint density at radius 3 is 2.42 bits per heavy atom. The maximum absolute atomic E-state index is 11.9. The number of methoxy groups -OCH3 is 1. The van der Waals surface area contributed by atoms with Crippen LogP contribution in [0.3, 0.4) is 0 Å². The molecule has 0 spiro atoms. The molecule has 0 aliphatic heterocycles. The Hall–Kier alpha value is -3.32. The van der Waals surface area contributed by atoms with Crippen molar-refractivity contribution in [1.82, 2.24) is 0 Å². The summed E-state index contributed by atoms with van der Waals surface area (Å²) in [5.74, 6) is 0.0605. The van der Waals surface area contributed by atoms with E-state index in [1.807, 2.05) is 42.5 Å². The van der Waals surface area contributed by atoms with Gasteiger partial charge in [-0.25, -0.2) is 4.79 Å². The highest BCUT2D eigenvalue weighted by atomic mass is 16.5. The van der Waals surface area contributed by atoms with Gasteiger partial charge in [0.15, 0.2) is 0 Å². The van der Waals surface area contributed by atoms with Gasteiger partial charge < -0.3 is 9.47 Å². The summed E-state index contributed by atoms with van der Waals surface area (Å²) in [4.78, 5) is 11.9. The molecule has 0 amide bonds. The zero-order valence-corrected chi connectivity index (χ0v) is 13.3. The first-order valence-electron chi connectivity index (χ1n) is 7.37. The zero-order chi connectivity index (χ0) is 17.2. The van der Waals surface area contributed by atoms with Gasteiger partial charge in [0.05, 0.1) is 7.11 Å². The van der Waals surface area contributed by atoms with Gasteiger partial charge in [0.1, 0.15) is 24.0 Å². The third-order valence-corrected chi connectivity index (χ3v) is 3.19. The second-order valence-corrected chi connectivity index (χ2v) is 4.85. The van der Waals surface area contributed by atoms with Crippen LogP contribution in [0.2, 0.25) is 0 Å². The van der Waals surface area contributed by atoms with E-state index in [4.69, 9.17) is 14.7 Å². The minimum absolute atomic E-state index is 0.0479. The molecule has 24 heavy (non-hydrogen) atoms. The van der Waals surface area contributed by atoms with E-state index in [9.17, 15) is 4.79 Å². The maximum atomic E-state index is 11.9. The average molecular weight is 319 g/mol. The van der Waals surface area contributed by atoms with Crippen molar-refractivity contribution in [2.24, 2.45) is 0 Å². The average Bonchev–Trinajstić information content (AvgIpc) is 2.64. The molecular weight excluding hydrogens is 302 g/mol. The van der Waals surface area contributed by atoms with E-state index in [-0.39, 0.29) is 12.2 Å². The Kier molecular flexibility index (Phi) is 6.36. The highest BCUT2D eigenvalue weighted by Crippen LogP contribution is 2.14. The SMILES string of the molecule is COc1ccc(/C=C(\C#N)C(=O)OC/C=C/c2ccccc2)cc1. The molecular formula is C20H17NO3. The molecule has 0 atom stereocenters. The Morgan fingerprint density at radius 1 is 1.08 bits per heavy atom. The second kappa shape index (κ2) is 8.96. The lowest BCUT2D eigenvalue weighted by Crippen LogP contribution is -2.06. The predicted molar refractivity (Wildman–Crippen MR) is 93.0 cm³/mol. The van der Waals surface area contributed by atoms with Crippen molar-refractivity contribution in [2.45, 2.75) is 0 Å². The van der Waals surface area contributed by atoms with Gasteiger partial charge >= 0.3 is 5.97 Å². The monoisotopic (exact) mass is 319 g/mol. The van der Waals surface area contributed by atoms with Crippen LogP contribution in [-0.2, 0) is 9.53 Å². The van der Waals surface area contributed by atoms with Crippen LogP contribution in [0.15, 0.2) is 66.2 Å². The van der Waals surface area contributed by atoms with Gasteiger partial charge in [0.2, 0.25) is 0 Å². The molecule has 4 nitrogen and oxygen atoms in total. The molecule has 0 heterocycles. The molecule has 0 aliphatic carbocycles. The number of rotatable bonds is 6. The Balaban J connectivity index is 1.94. The molecule has 0 saturated carbocycles. The second-order valence-electron chi connectivity index (χ2n) is 4.85. The lowest BCUT2D eigenvalue weighted by Gasteiger charge is -2.02. The van der Waals surface area contributed by atoms with Crippen LogP contribution in [0.5, 0.6) is 5.75 Å². The largest absolute Gasteiger partial charge is 0.497 e.